The van der Waals surface area contributed by atoms with E-state index in [0.717, 1.165) is 32.1 Å². The maximum absolute atomic E-state index is 12.3. The van der Waals surface area contributed by atoms with E-state index in [4.69, 9.17) is 0 Å². The summed E-state index contributed by atoms with van der Waals surface area (Å²) in [6.45, 7) is 2.46. The van der Waals surface area contributed by atoms with Crippen LogP contribution >= 0.6 is 0 Å². The molecule has 1 heterocycles. The minimum Gasteiger partial charge on any atom is -0.480 e. The van der Waals surface area contributed by atoms with E-state index >= 15 is 0 Å². The van der Waals surface area contributed by atoms with Crippen molar-refractivity contribution in [3.63, 3.8) is 0 Å². The van der Waals surface area contributed by atoms with Gasteiger partial charge in [-0.2, -0.15) is 0 Å². The van der Waals surface area contributed by atoms with Crippen molar-refractivity contribution >= 4 is 21.9 Å². The molecule has 0 aromatic heterocycles. The largest absolute Gasteiger partial charge is 0.480 e. The lowest BCUT2D eigenvalue weighted by atomic mass is 9.88. The number of aliphatic carboxylic acids is 1. The lowest BCUT2D eigenvalue weighted by Crippen LogP contribution is -2.51. The number of sulfonamides is 1. The number of amides is 1. The van der Waals surface area contributed by atoms with Gasteiger partial charge in [0.1, 0.15) is 11.8 Å². The van der Waals surface area contributed by atoms with Crippen molar-refractivity contribution in [1.29, 1.82) is 0 Å². The van der Waals surface area contributed by atoms with E-state index in [1.807, 2.05) is 0 Å². The fourth-order valence-corrected chi connectivity index (χ4v) is 4.72. The molecule has 2 rings (SSSR count). The molecule has 0 unspecified atom stereocenters. The second kappa shape index (κ2) is 7.61. The number of carboxylic acid groups (broad SMARTS) is 1. The van der Waals surface area contributed by atoms with Gasteiger partial charge in [0, 0.05) is 12.6 Å². The number of piperidine rings is 1. The van der Waals surface area contributed by atoms with Crippen LogP contribution in [0.15, 0.2) is 0 Å². The normalized spacial score (nSPS) is 29.3. The van der Waals surface area contributed by atoms with Gasteiger partial charge in [-0.1, -0.05) is 6.92 Å². The van der Waals surface area contributed by atoms with E-state index in [9.17, 15) is 23.1 Å². The maximum atomic E-state index is 12.3. The van der Waals surface area contributed by atoms with Gasteiger partial charge in [-0.25, -0.2) is 17.9 Å². The van der Waals surface area contributed by atoms with Crippen LogP contribution in [0.3, 0.4) is 0 Å². The van der Waals surface area contributed by atoms with E-state index in [-0.39, 0.29) is 6.04 Å². The van der Waals surface area contributed by atoms with Crippen LogP contribution < -0.4 is 4.72 Å². The lowest BCUT2D eigenvalue weighted by molar-refractivity contribution is -0.151. The van der Waals surface area contributed by atoms with Crippen LogP contribution in [-0.2, 0) is 19.6 Å². The molecule has 2 aliphatic rings. The number of carbonyl (C=O) groups excluding carboxylic acids is 1. The van der Waals surface area contributed by atoms with E-state index < -0.39 is 33.7 Å². The van der Waals surface area contributed by atoms with Crippen molar-refractivity contribution in [3.8, 4) is 0 Å². The van der Waals surface area contributed by atoms with Crippen LogP contribution in [0.1, 0.15) is 51.9 Å². The Labute approximate surface area is 137 Å². The van der Waals surface area contributed by atoms with Crippen LogP contribution in [-0.4, -0.2) is 54.7 Å². The Morgan fingerprint density at radius 3 is 2.39 bits per heavy atom. The highest BCUT2D eigenvalue weighted by Gasteiger charge is 2.34. The number of likely N-dealkylation sites (tertiary alicyclic amines) is 1. The van der Waals surface area contributed by atoms with Crippen molar-refractivity contribution < 1.29 is 23.1 Å². The molecule has 8 heteroatoms. The molecule has 1 amide bonds. The highest BCUT2D eigenvalue weighted by molar-refractivity contribution is 7.90. The minimum absolute atomic E-state index is 0.111. The Balaban J connectivity index is 1.93. The van der Waals surface area contributed by atoms with Gasteiger partial charge in [0.2, 0.25) is 15.9 Å². The van der Waals surface area contributed by atoms with Gasteiger partial charge in [-0.05, 0) is 50.9 Å². The van der Waals surface area contributed by atoms with Crippen LogP contribution in [0.25, 0.3) is 0 Å². The first-order valence-corrected chi connectivity index (χ1v) is 9.96. The number of carbonyl (C=O) groups is 2. The van der Waals surface area contributed by atoms with E-state index in [0.29, 0.717) is 25.3 Å². The lowest BCUT2D eigenvalue weighted by Gasteiger charge is -2.33. The van der Waals surface area contributed by atoms with Crippen molar-refractivity contribution in [1.82, 2.24) is 9.62 Å². The summed E-state index contributed by atoms with van der Waals surface area (Å²) in [5.41, 5.74) is 0. The van der Waals surface area contributed by atoms with E-state index in [1.165, 1.54) is 4.90 Å². The molecule has 1 aliphatic carbocycles. The first-order valence-electron chi connectivity index (χ1n) is 8.31. The number of nitrogens with one attached hydrogen (secondary N) is 1. The zero-order valence-electron chi connectivity index (χ0n) is 13.5. The summed E-state index contributed by atoms with van der Waals surface area (Å²) in [6.07, 6.45) is 5.37. The van der Waals surface area contributed by atoms with Gasteiger partial charge in [0.15, 0.2) is 0 Å². The van der Waals surface area contributed by atoms with Crippen molar-refractivity contribution in [2.24, 2.45) is 5.92 Å². The molecule has 1 atom stereocenters. The summed E-state index contributed by atoms with van der Waals surface area (Å²) in [5, 5.41) is 9.18. The van der Waals surface area contributed by atoms with E-state index in [1.54, 1.807) is 0 Å². The molecule has 0 spiro atoms. The molecular weight excluding hydrogens is 320 g/mol. The molecule has 132 valence electrons. The molecule has 2 fully saturated rings. The third-order valence-corrected chi connectivity index (χ3v) is 6.10. The molecule has 7 nitrogen and oxygen atoms in total. The summed E-state index contributed by atoms with van der Waals surface area (Å²) < 4.78 is 27.0. The second-order valence-corrected chi connectivity index (χ2v) is 8.52. The third kappa shape index (κ3) is 5.17. The van der Waals surface area contributed by atoms with Gasteiger partial charge in [-0.3, -0.25) is 4.79 Å². The Hall–Kier alpha value is -1.15. The van der Waals surface area contributed by atoms with Gasteiger partial charge >= 0.3 is 5.97 Å². The third-order valence-electron chi connectivity index (χ3n) is 4.78. The first kappa shape index (κ1) is 18.2. The molecule has 1 saturated carbocycles. The summed E-state index contributed by atoms with van der Waals surface area (Å²) >= 11 is 0. The predicted molar refractivity (Wildman–Crippen MR) is 85.3 cm³/mol. The van der Waals surface area contributed by atoms with Crippen LogP contribution in [0.5, 0.6) is 0 Å². The van der Waals surface area contributed by atoms with Gasteiger partial charge in [0.05, 0.1) is 0 Å². The van der Waals surface area contributed by atoms with Gasteiger partial charge < -0.3 is 10.0 Å². The second-order valence-electron chi connectivity index (χ2n) is 6.77. The SMILES string of the molecule is CC1CCC(NS(=O)(=O)CC(=O)N2CCCC[C@H]2C(=O)O)CC1. The minimum atomic E-state index is -3.73. The molecule has 0 radical (unpaired) electrons. The van der Waals surface area contributed by atoms with Crippen molar-refractivity contribution in [2.45, 2.75) is 64.0 Å². The average Bonchev–Trinajstić information content (AvgIpc) is 2.49. The Morgan fingerprint density at radius 2 is 1.78 bits per heavy atom. The summed E-state index contributed by atoms with van der Waals surface area (Å²) in [4.78, 5) is 24.7. The quantitative estimate of drug-likeness (QED) is 0.771. The average molecular weight is 346 g/mol. The molecule has 0 aromatic carbocycles. The van der Waals surface area contributed by atoms with Crippen LogP contribution in [0.4, 0.5) is 0 Å². The predicted octanol–water partition coefficient (Wildman–Crippen LogP) is 0.950. The standard InChI is InChI=1S/C15H26N2O5S/c1-11-5-7-12(8-6-11)16-23(21,22)10-14(18)17-9-3-2-4-13(17)15(19)20/h11-13,16H,2-10H2,1H3,(H,19,20)/t11?,12?,13-/m0/s1. The Bertz CT molecular complexity index is 540. The van der Waals surface area contributed by atoms with E-state index in [2.05, 4.69) is 11.6 Å². The number of carboxylic acids is 1. The van der Waals surface area contributed by atoms with Crippen molar-refractivity contribution in [2.75, 3.05) is 12.3 Å². The number of nitrogens with zero attached hydrogens (tertiary/aromatic N) is 1. The molecule has 1 aliphatic heterocycles. The molecular formula is C15H26N2O5S. The zero-order chi connectivity index (χ0) is 17.0. The summed E-state index contributed by atoms with van der Waals surface area (Å²) in [7, 11) is -3.73. The van der Waals surface area contributed by atoms with Crippen molar-refractivity contribution in [3.05, 3.63) is 0 Å². The van der Waals surface area contributed by atoms with Crippen LogP contribution in [0.2, 0.25) is 0 Å². The highest BCUT2D eigenvalue weighted by Crippen LogP contribution is 2.24. The fourth-order valence-electron chi connectivity index (χ4n) is 3.41. The fraction of sp³-hybridized carbons (Fsp3) is 0.867. The number of hydrogen-bond acceptors (Lipinski definition) is 4. The molecule has 0 bridgehead atoms. The van der Waals surface area contributed by atoms with Gasteiger partial charge in [-0.15, -0.1) is 0 Å². The molecule has 1 saturated heterocycles. The maximum Gasteiger partial charge on any atom is 0.326 e. The smallest absolute Gasteiger partial charge is 0.326 e. The number of hydrogen-bond donors (Lipinski definition) is 2. The Morgan fingerprint density at radius 1 is 1.13 bits per heavy atom. The monoisotopic (exact) mass is 346 g/mol. The Kier molecular flexibility index (Phi) is 6.02. The number of rotatable bonds is 5. The molecule has 23 heavy (non-hydrogen) atoms. The highest BCUT2D eigenvalue weighted by atomic mass is 32.2. The van der Waals surface area contributed by atoms with Crippen LogP contribution in [0, 0.1) is 5.92 Å². The molecule has 0 aromatic rings. The summed E-state index contributed by atoms with van der Waals surface area (Å²) in [6, 6.07) is -1.01. The summed E-state index contributed by atoms with van der Waals surface area (Å²) in [5.74, 6) is -1.73. The zero-order valence-corrected chi connectivity index (χ0v) is 14.3. The molecule has 2 N–H and O–H groups in total. The topological polar surface area (TPSA) is 104 Å². The van der Waals surface area contributed by atoms with Gasteiger partial charge in [0.25, 0.3) is 0 Å². The first-order chi connectivity index (χ1) is 10.8.